The minimum absolute atomic E-state index is 0.0752. The lowest BCUT2D eigenvalue weighted by molar-refractivity contribution is -0.384. The summed E-state index contributed by atoms with van der Waals surface area (Å²) in [6, 6.07) is 3.91. The summed E-state index contributed by atoms with van der Waals surface area (Å²) in [5, 5.41) is 14.3. The molecule has 20 heavy (non-hydrogen) atoms. The molecule has 2 rings (SSSR count). The van der Waals surface area contributed by atoms with Gasteiger partial charge in [-0.05, 0) is 38.4 Å². The number of anilines is 1. The predicted molar refractivity (Wildman–Crippen MR) is 75.2 cm³/mol. The second kappa shape index (κ2) is 5.02. The van der Waals surface area contributed by atoms with Crippen molar-refractivity contribution in [3.8, 4) is 0 Å². The van der Waals surface area contributed by atoms with Gasteiger partial charge in [-0.3, -0.25) is 10.1 Å². The average molecular weight is 299 g/mol. The molecule has 0 aliphatic heterocycles. The van der Waals surface area contributed by atoms with Gasteiger partial charge in [-0.25, -0.2) is 13.1 Å². The third-order valence-electron chi connectivity index (χ3n) is 3.68. The van der Waals surface area contributed by atoms with Crippen LogP contribution in [0.15, 0.2) is 23.1 Å². The molecule has 0 aromatic heterocycles. The van der Waals surface area contributed by atoms with Gasteiger partial charge in [0.25, 0.3) is 5.69 Å². The zero-order valence-corrected chi connectivity index (χ0v) is 12.2. The van der Waals surface area contributed by atoms with Crippen LogP contribution in [0.1, 0.15) is 26.2 Å². The summed E-state index contributed by atoms with van der Waals surface area (Å²) in [5.41, 5.74) is 0.0687. The first-order valence-corrected chi connectivity index (χ1v) is 7.82. The van der Waals surface area contributed by atoms with Crippen LogP contribution in [0.25, 0.3) is 0 Å². The lowest BCUT2D eigenvalue weighted by Crippen LogP contribution is -2.21. The minimum Gasteiger partial charge on any atom is -0.374 e. The maximum atomic E-state index is 11.7. The summed E-state index contributed by atoms with van der Waals surface area (Å²) in [5.74, 6) is 0. The smallest absolute Gasteiger partial charge is 0.293 e. The van der Waals surface area contributed by atoms with Gasteiger partial charge in [-0.1, -0.05) is 6.92 Å². The van der Waals surface area contributed by atoms with Gasteiger partial charge in [-0.15, -0.1) is 0 Å². The van der Waals surface area contributed by atoms with E-state index in [1.54, 1.807) is 0 Å². The molecule has 1 aromatic carbocycles. The Hall–Kier alpha value is -1.67. The molecule has 0 bridgehead atoms. The first-order chi connectivity index (χ1) is 9.33. The number of nitrogens with zero attached hydrogens (tertiary/aromatic N) is 1. The first-order valence-electron chi connectivity index (χ1n) is 6.34. The molecule has 0 unspecified atom stereocenters. The highest BCUT2D eigenvalue weighted by molar-refractivity contribution is 7.89. The Balaban J connectivity index is 2.41. The lowest BCUT2D eigenvalue weighted by atomic mass is 10.1. The third-order valence-corrected chi connectivity index (χ3v) is 5.09. The van der Waals surface area contributed by atoms with Crippen LogP contribution in [0.4, 0.5) is 11.4 Å². The molecule has 0 radical (unpaired) electrons. The van der Waals surface area contributed by atoms with E-state index in [-0.39, 0.29) is 16.1 Å². The summed E-state index contributed by atoms with van der Waals surface area (Å²) >= 11 is 0. The van der Waals surface area contributed by atoms with Crippen LogP contribution in [0, 0.1) is 10.1 Å². The van der Waals surface area contributed by atoms with E-state index >= 15 is 0 Å². The summed E-state index contributed by atoms with van der Waals surface area (Å²) in [4.78, 5) is 10.5. The normalized spacial score (nSPS) is 16.7. The van der Waals surface area contributed by atoms with Crippen molar-refractivity contribution in [3.05, 3.63) is 28.3 Å². The van der Waals surface area contributed by atoms with E-state index in [0.717, 1.165) is 25.3 Å². The van der Waals surface area contributed by atoms with E-state index in [9.17, 15) is 18.5 Å². The zero-order valence-electron chi connectivity index (χ0n) is 11.3. The first kappa shape index (κ1) is 14.7. The van der Waals surface area contributed by atoms with Crippen LogP contribution in [-0.4, -0.2) is 25.9 Å². The molecule has 0 heterocycles. The van der Waals surface area contributed by atoms with Crippen molar-refractivity contribution in [2.75, 3.05) is 12.4 Å². The summed E-state index contributed by atoms with van der Waals surface area (Å²) in [6.07, 6.45) is 2.81. The molecule has 1 aromatic rings. The highest BCUT2D eigenvalue weighted by atomic mass is 32.2. The maximum absolute atomic E-state index is 11.7. The van der Waals surface area contributed by atoms with Crippen LogP contribution in [0.2, 0.25) is 0 Å². The fourth-order valence-corrected chi connectivity index (χ4v) is 2.81. The molecule has 0 amide bonds. The molecule has 0 spiro atoms. The molecule has 1 aliphatic carbocycles. The molecule has 110 valence electrons. The van der Waals surface area contributed by atoms with E-state index < -0.39 is 14.9 Å². The summed E-state index contributed by atoms with van der Waals surface area (Å²) in [6.45, 7) is 2.02. The second-order valence-corrected chi connectivity index (χ2v) is 6.79. The van der Waals surface area contributed by atoms with E-state index in [1.165, 1.54) is 19.2 Å². The van der Waals surface area contributed by atoms with E-state index in [4.69, 9.17) is 0 Å². The number of rotatable bonds is 6. The van der Waals surface area contributed by atoms with Crippen molar-refractivity contribution < 1.29 is 13.3 Å². The van der Waals surface area contributed by atoms with Gasteiger partial charge >= 0.3 is 0 Å². The van der Waals surface area contributed by atoms with Crippen molar-refractivity contribution in [1.29, 1.82) is 0 Å². The number of nitro benzene ring substituents is 1. The van der Waals surface area contributed by atoms with Crippen molar-refractivity contribution >= 4 is 21.4 Å². The molecule has 2 N–H and O–H groups in total. The standard InChI is InChI=1S/C12H17N3O4S/c1-3-12(6-7-12)14-10-5-4-9(20(18,19)13-2)8-11(10)15(16)17/h4-5,8,13-14H,3,6-7H2,1-2H3. The largest absolute Gasteiger partial charge is 0.374 e. The molecular weight excluding hydrogens is 282 g/mol. The van der Waals surface area contributed by atoms with Gasteiger partial charge in [0, 0.05) is 11.6 Å². The number of nitrogens with one attached hydrogen (secondary N) is 2. The van der Waals surface area contributed by atoms with Gasteiger partial charge in [0.1, 0.15) is 5.69 Å². The van der Waals surface area contributed by atoms with Crippen LogP contribution < -0.4 is 10.0 Å². The van der Waals surface area contributed by atoms with Crippen molar-refractivity contribution in [3.63, 3.8) is 0 Å². The lowest BCUT2D eigenvalue weighted by Gasteiger charge is -2.17. The van der Waals surface area contributed by atoms with Crippen LogP contribution in [0.5, 0.6) is 0 Å². The van der Waals surface area contributed by atoms with Gasteiger partial charge < -0.3 is 5.32 Å². The van der Waals surface area contributed by atoms with E-state index in [0.29, 0.717) is 5.69 Å². The number of sulfonamides is 1. The van der Waals surface area contributed by atoms with Crippen LogP contribution >= 0.6 is 0 Å². The molecule has 8 heteroatoms. The molecule has 0 atom stereocenters. The maximum Gasteiger partial charge on any atom is 0.293 e. The molecule has 1 saturated carbocycles. The quantitative estimate of drug-likeness (QED) is 0.616. The Morgan fingerprint density at radius 3 is 2.50 bits per heavy atom. The van der Waals surface area contributed by atoms with Crippen LogP contribution in [-0.2, 0) is 10.0 Å². The van der Waals surface area contributed by atoms with E-state index in [1.807, 2.05) is 6.92 Å². The van der Waals surface area contributed by atoms with Crippen molar-refractivity contribution in [1.82, 2.24) is 4.72 Å². The Morgan fingerprint density at radius 2 is 2.05 bits per heavy atom. The minimum atomic E-state index is -3.69. The topological polar surface area (TPSA) is 101 Å². The van der Waals surface area contributed by atoms with Crippen molar-refractivity contribution in [2.45, 2.75) is 36.6 Å². The zero-order chi connectivity index (χ0) is 15.0. The molecule has 0 saturated heterocycles. The SMILES string of the molecule is CCC1(Nc2ccc(S(=O)(=O)NC)cc2[N+](=O)[O-])CC1. The highest BCUT2D eigenvalue weighted by Gasteiger charge is 2.41. The number of nitro groups is 1. The molecular formula is C12H17N3O4S. The second-order valence-electron chi connectivity index (χ2n) is 4.90. The monoisotopic (exact) mass is 299 g/mol. The fraction of sp³-hybridized carbons (Fsp3) is 0.500. The van der Waals surface area contributed by atoms with Crippen LogP contribution in [0.3, 0.4) is 0 Å². The Labute approximate surface area is 117 Å². The highest BCUT2D eigenvalue weighted by Crippen LogP contribution is 2.43. The number of hydrogen-bond donors (Lipinski definition) is 2. The van der Waals surface area contributed by atoms with Gasteiger partial charge in [0.05, 0.1) is 9.82 Å². The van der Waals surface area contributed by atoms with Gasteiger partial charge in [0.15, 0.2) is 0 Å². The van der Waals surface area contributed by atoms with E-state index in [2.05, 4.69) is 10.0 Å². The number of hydrogen-bond acceptors (Lipinski definition) is 5. The molecule has 1 aliphatic rings. The Bertz CT molecular complexity index is 638. The molecule has 1 fully saturated rings. The Morgan fingerprint density at radius 1 is 1.40 bits per heavy atom. The van der Waals surface area contributed by atoms with Gasteiger partial charge in [-0.2, -0.15) is 0 Å². The van der Waals surface area contributed by atoms with Crippen molar-refractivity contribution in [2.24, 2.45) is 0 Å². The fourth-order valence-electron chi connectivity index (χ4n) is 2.06. The van der Waals surface area contributed by atoms with Gasteiger partial charge in [0.2, 0.25) is 10.0 Å². The summed E-state index contributed by atoms with van der Waals surface area (Å²) < 4.78 is 25.5. The summed E-state index contributed by atoms with van der Waals surface area (Å²) in [7, 11) is -2.42. The Kier molecular flexibility index (Phi) is 3.70. The predicted octanol–water partition coefficient (Wildman–Crippen LogP) is 1.86. The molecule has 7 nitrogen and oxygen atoms in total. The third kappa shape index (κ3) is 2.75. The average Bonchev–Trinajstić information content (AvgIpc) is 3.19. The number of benzene rings is 1.